The Morgan fingerprint density at radius 2 is 1.59 bits per heavy atom. The number of thiocarbonyl (C=S) groups is 1. The van der Waals surface area contributed by atoms with Crippen LogP contribution in [-0.2, 0) is 0 Å². The van der Waals surface area contributed by atoms with E-state index in [4.69, 9.17) is 12.2 Å². The third-order valence-electron chi connectivity index (χ3n) is 6.90. The fraction of sp³-hybridized carbons (Fsp3) is 0.842. The second kappa shape index (κ2) is 5.81. The minimum atomic E-state index is 0.385. The second-order valence-corrected chi connectivity index (χ2v) is 8.88. The molecule has 1 unspecified atom stereocenters. The molecule has 2 nitrogen and oxygen atoms in total. The van der Waals surface area contributed by atoms with E-state index in [-0.39, 0.29) is 0 Å². The molecule has 22 heavy (non-hydrogen) atoms. The molecule has 4 saturated carbocycles. The van der Waals surface area contributed by atoms with Gasteiger partial charge in [-0.3, -0.25) is 0 Å². The lowest BCUT2D eigenvalue weighted by Crippen LogP contribution is -2.58. The molecule has 5 rings (SSSR count). The van der Waals surface area contributed by atoms with E-state index in [1.807, 2.05) is 0 Å². The van der Waals surface area contributed by atoms with Crippen molar-refractivity contribution >= 4 is 17.3 Å². The molecule has 0 amide bonds. The lowest BCUT2D eigenvalue weighted by Gasteiger charge is -2.59. The Balaban J connectivity index is 1.47. The molecule has 1 N–H and O–H groups in total. The van der Waals surface area contributed by atoms with Crippen molar-refractivity contribution in [3.63, 3.8) is 0 Å². The molecule has 4 bridgehead atoms. The lowest BCUT2D eigenvalue weighted by atomic mass is 9.47. The van der Waals surface area contributed by atoms with Crippen LogP contribution in [0, 0.1) is 23.2 Å². The van der Waals surface area contributed by atoms with Gasteiger partial charge in [0.05, 0.1) is 6.04 Å². The summed E-state index contributed by atoms with van der Waals surface area (Å²) in [5.74, 6) is 2.96. The van der Waals surface area contributed by atoms with Gasteiger partial charge in [0.2, 0.25) is 0 Å². The minimum Gasteiger partial charge on any atom is -0.356 e. The van der Waals surface area contributed by atoms with E-state index in [0.717, 1.165) is 36.0 Å². The van der Waals surface area contributed by atoms with Gasteiger partial charge >= 0.3 is 0 Å². The zero-order valence-electron chi connectivity index (χ0n) is 13.7. The normalized spacial score (nSPS) is 41.3. The van der Waals surface area contributed by atoms with Crippen LogP contribution in [0.25, 0.3) is 0 Å². The van der Waals surface area contributed by atoms with E-state index in [0.29, 0.717) is 11.5 Å². The molecular formula is C19H30N2S. The van der Waals surface area contributed by atoms with Crippen molar-refractivity contribution in [2.24, 2.45) is 23.2 Å². The maximum absolute atomic E-state index is 5.74. The van der Waals surface area contributed by atoms with Gasteiger partial charge in [-0.2, -0.15) is 0 Å². The zero-order valence-corrected chi connectivity index (χ0v) is 14.5. The summed E-state index contributed by atoms with van der Waals surface area (Å²) in [5, 5.41) is 4.72. The van der Waals surface area contributed by atoms with Gasteiger partial charge in [0.25, 0.3) is 0 Å². The van der Waals surface area contributed by atoms with Gasteiger partial charge < -0.3 is 10.2 Å². The number of likely N-dealkylation sites (tertiary alicyclic amines) is 1. The Hall–Kier alpha value is -0.570. The number of hydrogen-bond donors (Lipinski definition) is 1. The summed E-state index contributed by atoms with van der Waals surface area (Å²) >= 11 is 5.74. The Labute approximate surface area is 140 Å². The highest BCUT2D eigenvalue weighted by Gasteiger charge is 2.53. The average Bonchev–Trinajstić information content (AvgIpc) is 2.51. The Morgan fingerprint density at radius 3 is 2.09 bits per heavy atom. The van der Waals surface area contributed by atoms with Crippen molar-refractivity contribution in [1.29, 1.82) is 0 Å². The van der Waals surface area contributed by atoms with Gasteiger partial charge in [-0.05, 0) is 93.2 Å². The van der Waals surface area contributed by atoms with Crippen LogP contribution in [0.2, 0.25) is 0 Å². The van der Waals surface area contributed by atoms with Crippen LogP contribution in [0.1, 0.15) is 57.8 Å². The van der Waals surface area contributed by atoms with E-state index in [1.165, 1.54) is 57.8 Å². The maximum Gasteiger partial charge on any atom is 0.169 e. The van der Waals surface area contributed by atoms with E-state index in [9.17, 15) is 0 Å². The molecule has 5 aliphatic rings. The van der Waals surface area contributed by atoms with Crippen LogP contribution < -0.4 is 5.32 Å². The van der Waals surface area contributed by atoms with Gasteiger partial charge in [-0.1, -0.05) is 6.08 Å². The SMILES string of the molecule is C=CC(NC(=S)N1CCCCC1)C12CC3CC(CC(C3)C1)C2. The monoisotopic (exact) mass is 318 g/mol. The molecule has 1 saturated heterocycles. The smallest absolute Gasteiger partial charge is 0.169 e. The fourth-order valence-corrected chi connectivity index (χ4v) is 6.65. The van der Waals surface area contributed by atoms with Gasteiger partial charge in [-0.25, -0.2) is 0 Å². The van der Waals surface area contributed by atoms with E-state index in [1.54, 1.807) is 0 Å². The topological polar surface area (TPSA) is 15.3 Å². The quantitative estimate of drug-likeness (QED) is 0.622. The van der Waals surface area contributed by atoms with Gasteiger partial charge in [0.15, 0.2) is 5.11 Å². The fourth-order valence-electron chi connectivity index (χ4n) is 6.34. The number of rotatable bonds is 3. The molecular weight excluding hydrogens is 288 g/mol. The molecule has 122 valence electrons. The molecule has 0 radical (unpaired) electrons. The van der Waals surface area contributed by atoms with Gasteiger partial charge in [0, 0.05) is 13.1 Å². The molecule has 1 heterocycles. The Morgan fingerprint density at radius 1 is 1.05 bits per heavy atom. The standard InChI is InChI=1S/C19H30N2S/c1-2-17(20-18(22)21-6-4-3-5-7-21)19-11-14-8-15(12-19)10-16(9-14)13-19/h2,14-17H,1,3-13H2,(H,20,22). The summed E-state index contributed by atoms with van der Waals surface area (Å²) in [7, 11) is 0. The lowest BCUT2D eigenvalue weighted by molar-refractivity contribution is -0.0624. The first-order chi connectivity index (χ1) is 10.7. The Kier molecular flexibility index (Phi) is 3.96. The molecule has 1 atom stereocenters. The number of nitrogens with one attached hydrogen (secondary N) is 1. The van der Waals surface area contributed by atoms with Crippen molar-refractivity contribution in [1.82, 2.24) is 10.2 Å². The van der Waals surface area contributed by atoms with E-state index >= 15 is 0 Å². The summed E-state index contributed by atoms with van der Waals surface area (Å²) in [6.45, 7) is 6.45. The van der Waals surface area contributed by atoms with Crippen LogP contribution >= 0.6 is 12.2 Å². The molecule has 0 aromatic rings. The van der Waals surface area contributed by atoms with Gasteiger partial charge in [0.1, 0.15) is 0 Å². The van der Waals surface area contributed by atoms with Crippen LogP contribution in [0.3, 0.4) is 0 Å². The molecule has 0 aromatic carbocycles. The van der Waals surface area contributed by atoms with Crippen molar-refractivity contribution < 1.29 is 0 Å². The third kappa shape index (κ3) is 2.60. The number of nitrogens with zero attached hydrogens (tertiary/aromatic N) is 1. The largest absolute Gasteiger partial charge is 0.356 e. The predicted octanol–water partition coefficient (Wildman–Crippen LogP) is 4.12. The average molecular weight is 319 g/mol. The molecule has 4 aliphatic carbocycles. The first kappa shape index (κ1) is 15.0. The number of hydrogen-bond acceptors (Lipinski definition) is 1. The highest BCUT2D eigenvalue weighted by Crippen LogP contribution is 2.61. The molecule has 0 aromatic heterocycles. The molecule has 1 aliphatic heterocycles. The van der Waals surface area contributed by atoms with Crippen molar-refractivity contribution in [2.75, 3.05) is 13.1 Å². The zero-order chi connectivity index (χ0) is 15.2. The summed E-state index contributed by atoms with van der Waals surface area (Å²) < 4.78 is 0. The van der Waals surface area contributed by atoms with Crippen molar-refractivity contribution in [3.8, 4) is 0 Å². The number of piperidine rings is 1. The van der Waals surface area contributed by atoms with E-state index in [2.05, 4.69) is 22.9 Å². The molecule has 3 heteroatoms. The maximum atomic E-state index is 5.74. The first-order valence-electron chi connectivity index (χ1n) is 9.36. The molecule has 5 fully saturated rings. The summed E-state index contributed by atoms with van der Waals surface area (Å²) in [4.78, 5) is 2.38. The predicted molar refractivity (Wildman–Crippen MR) is 95.7 cm³/mol. The summed E-state index contributed by atoms with van der Waals surface area (Å²) in [5.41, 5.74) is 0.455. The van der Waals surface area contributed by atoms with Gasteiger partial charge in [-0.15, -0.1) is 6.58 Å². The molecule has 0 spiro atoms. The third-order valence-corrected chi connectivity index (χ3v) is 7.28. The van der Waals surface area contributed by atoms with E-state index < -0.39 is 0 Å². The minimum absolute atomic E-state index is 0.385. The highest BCUT2D eigenvalue weighted by atomic mass is 32.1. The van der Waals surface area contributed by atoms with Crippen LogP contribution in [0.4, 0.5) is 0 Å². The Bertz CT molecular complexity index is 417. The van der Waals surface area contributed by atoms with Crippen LogP contribution in [-0.4, -0.2) is 29.1 Å². The van der Waals surface area contributed by atoms with Crippen LogP contribution in [0.15, 0.2) is 12.7 Å². The second-order valence-electron chi connectivity index (χ2n) is 8.49. The summed E-state index contributed by atoms with van der Waals surface area (Å²) in [6.07, 6.45) is 14.8. The van der Waals surface area contributed by atoms with Crippen molar-refractivity contribution in [2.45, 2.75) is 63.8 Å². The summed E-state index contributed by atoms with van der Waals surface area (Å²) in [6, 6.07) is 0.385. The van der Waals surface area contributed by atoms with Crippen molar-refractivity contribution in [3.05, 3.63) is 12.7 Å². The van der Waals surface area contributed by atoms with Crippen LogP contribution in [0.5, 0.6) is 0 Å². The highest BCUT2D eigenvalue weighted by molar-refractivity contribution is 7.80. The first-order valence-corrected chi connectivity index (χ1v) is 9.77.